The molecule has 12 nitrogen and oxygen atoms in total. The van der Waals surface area contributed by atoms with Gasteiger partial charge in [-0.1, -0.05) is 57.0 Å². The number of aromatic hydroxyl groups is 4. The molecule has 0 saturated carbocycles. The predicted molar refractivity (Wildman–Crippen MR) is 157 cm³/mol. The number of benzene rings is 2. The zero-order valence-electron chi connectivity index (χ0n) is 24.6. The quantitative estimate of drug-likeness (QED) is 0.227. The molecular formula is C30H30N2O10S2. The van der Waals surface area contributed by atoms with Crippen molar-refractivity contribution in [3.05, 3.63) is 92.1 Å². The first kappa shape index (κ1) is 29.5. The van der Waals surface area contributed by atoms with Crippen molar-refractivity contribution in [2.75, 3.05) is 0 Å². The number of aromatic nitrogens is 2. The summed E-state index contributed by atoms with van der Waals surface area (Å²) in [5.41, 5.74) is 3.35. The van der Waals surface area contributed by atoms with Crippen LogP contribution in [0.2, 0.25) is 0 Å². The molecule has 3 aliphatic carbocycles. The molecule has 0 atom stereocenters. The molecule has 2 aromatic heterocycles. The van der Waals surface area contributed by atoms with Crippen LogP contribution in [-0.2, 0) is 20.2 Å². The topological polar surface area (TPSA) is 178 Å². The molecule has 0 saturated heterocycles. The van der Waals surface area contributed by atoms with Crippen LogP contribution >= 0.6 is 0 Å². The van der Waals surface area contributed by atoms with E-state index >= 15 is 0 Å². The Morgan fingerprint density at radius 3 is 1.02 bits per heavy atom. The second-order valence-electron chi connectivity index (χ2n) is 11.4. The third-order valence-corrected chi connectivity index (χ3v) is 11.1. The molecule has 14 heteroatoms. The van der Waals surface area contributed by atoms with E-state index in [4.69, 9.17) is 8.57 Å². The lowest BCUT2D eigenvalue weighted by atomic mass is 9.70. The Bertz CT molecular complexity index is 1920. The lowest BCUT2D eigenvalue weighted by molar-refractivity contribution is 0.199. The van der Waals surface area contributed by atoms with Crippen molar-refractivity contribution >= 4 is 20.2 Å². The van der Waals surface area contributed by atoms with Gasteiger partial charge in [-0.25, -0.2) is 0 Å². The van der Waals surface area contributed by atoms with Crippen LogP contribution in [0.3, 0.4) is 0 Å². The second kappa shape index (κ2) is 9.47. The van der Waals surface area contributed by atoms with Crippen LogP contribution in [0.1, 0.15) is 67.5 Å². The van der Waals surface area contributed by atoms with E-state index < -0.39 is 55.6 Å². The highest BCUT2D eigenvalue weighted by atomic mass is 32.2. The van der Waals surface area contributed by atoms with Gasteiger partial charge in [-0.3, -0.25) is 8.57 Å². The third kappa shape index (κ3) is 4.08. The van der Waals surface area contributed by atoms with E-state index in [1.807, 2.05) is 13.8 Å². The van der Waals surface area contributed by atoms with Crippen LogP contribution in [0.5, 0.6) is 23.5 Å². The van der Waals surface area contributed by atoms with Crippen molar-refractivity contribution in [2.45, 2.75) is 63.2 Å². The van der Waals surface area contributed by atoms with Crippen LogP contribution < -0.4 is 8.57 Å². The smallest absolute Gasteiger partial charge is 0.357 e. The fourth-order valence-electron chi connectivity index (χ4n) is 6.78. The summed E-state index contributed by atoms with van der Waals surface area (Å²) in [5, 5.41) is 44.7. The Labute approximate surface area is 253 Å². The molecule has 7 rings (SSSR count). The highest BCUT2D eigenvalue weighted by molar-refractivity contribution is 7.87. The maximum Gasteiger partial charge on any atom is 0.357 e. The highest BCUT2D eigenvalue weighted by Gasteiger charge is 2.48. The summed E-state index contributed by atoms with van der Waals surface area (Å²) in [6.07, 6.45) is 3.13. The minimum atomic E-state index is -4.55. The summed E-state index contributed by atoms with van der Waals surface area (Å²) in [4.78, 5) is -0.249. The molecular weight excluding hydrogens is 612 g/mol. The zero-order chi connectivity index (χ0) is 32.2. The molecule has 0 amide bonds. The highest BCUT2D eigenvalue weighted by Crippen LogP contribution is 2.60. The van der Waals surface area contributed by atoms with E-state index in [-0.39, 0.29) is 32.0 Å². The van der Waals surface area contributed by atoms with Gasteiger partial charge in [-0.2, -0.15) is 16.8 Å². The number of hydrogen-bond acceptors (Lipinski definition) is 10. The van der Waals surface area contributed by atoms with E-state index in [0.717, 1.165) is 11.1 Å². The molecule has 0 fully saturated rings. The van der Waals surface area contributed by atoms with Gasteiger partial charge in [0, 0.05) is 34.1 Å². The van der Waals surface area contributed by atoms with Crippen molar-refractivity contribution in [3.8, 4) is 23.5 Å². The number of hydrogen-bond donors (Lipinski definition) is 4. The van der Waals surface area contributed by atoms with Crippen molar-refractivity contribution in [2.24, 2.45) is 0 Å². The van der Waals surface area contributed by atoms with Gasteiger partial charge in [0.25, 0.3) is 0 Å². The van der Waals surface area contributed by atoms with Gasteiger partial charge >= 0.3 is 20.2 Å². The molecule has 3 aliphatic rings. The normalized spacial score (nSPS) is 17.0. The number of aryl methyl sites for hydroxylation is 6. The fourth-order valence-corrected chi connectivity index (χ4v) is 9.41. The molecule has 2 aromatic carbocycles. The minimum absolute atomic E-state index is 0.00980. The lowest BCUT2D eigenvalue weighted by Gasteiger charge is -2.30. The summed E-state index contributed by atoms with van der Waals surface area (Å²) in [6.45, 7) is 10.0. The van der Waals surface area contributed by atoms with Crippen molar-refractivity contribution in [1.29, 1.82) is 0 Å². The van der Waals surface area contributed by atoms with E-state index in [0.29, 0.717) is 31.7 Å². The summed E-state index contributed by atoms with van der Waals surface area (Å²) in [6, 6.07) is 6.65. The average molecular weight is 643 g/mol. The molecule has 2 heterocycles. The monoisotopic (exact) mass is 642 g/mol. The van der Waals surface area contributed by atoms with Gasteiger partial charge in [-0.05, 0) is 63.8 Å². The summed E-state index contributed by atoms with van der Waals surface area (Å²) in [7, 11) is -9.10. The van der Waals surface area contributed by atoms with Crippen LogP contribution in [0.4, 0.5) is 0 Å². The van der Waals surface area contributed by atoms with Crippen LogP contribution in [-0.4, -0.2) is 46.7 Å². The molecule has 232 valence electrons. The van der Waals surface area contributed by atoms with Gasteiger partial charge in [0.1, 0.15) is 9.79 Å². The summed E-state index contributed by atoms with van der Waals surface area (Å²) < 4.78 is 64.7. The maximum absolute atomic E-state index is 13.4. The molecule has 2 bridgehead atoms. The summed E-state index contributed by atoms with van der Waals surface area (Å²) in [5.74, 6) is -5.07. The summed E-state index contributed by atoms with van der Waals surface area (Å²) >= 11 is 0. The molecule has 44 heavy (non-hydrogen) atoms. The van der Waals surface area contributed by atoms with Gasteiger partial charge in [0.2, 0.25) is 23.5 Å². The number of nitrogens with zero attached hydrogens (tertiary/aromatic N) is 2. The van der Waals surface area contributed by atoms with E-state index in [1.165, 1.54) is 0 Å². The Morgan fingerprint density at radius 2 is 0.773 bits per heavy atom. The Balaban J connectivity index is 1.43. The van der Waals surface area contributed by atoms with Crippen LogP contribution in [0.15, 0.2) is 46.2 Å². The minimum Gasteiger partial charge on any atom is -0.492 e. The number of rotatable bonds is 6. The predicted octanol–water partition coefficient (Wildman–Crippen LogP) is 3.74. The third-order valence-electron chi connectivity index (χ3n) is 8.11. The fraction of sp³-hybridized carbons (Fsp3) is 0.267. The lowest BCUT2D eigenvalue weighted by Crippen LogP contribution is -2.22. The van der Waals surface area contributed by atoms with Gasteiger partial charge in [-0.15, -0.1) is 0 Å². The maximum atomic E-state index is 13.4. The van der Waals surface area contributed by atoms with Gasteiger partial charge < -0.3 is 20.4 Å². The molecule has 0 unspecified atom stereocenters. The van der Waals surface area contributed by atoms with Crippen LogP contribution in [0.25, 0.3) is 0 Å². The average Bonchev–Trinajstić information content (AvgIpc) is 3.29. The first-order chi connectivity index (χ1) is 20.5. The molecule has 0 aliphatic heterocycles. The standard InChI is InChI=1S/C30H30N2O10S2/c1-13-9-15(3)25(16(4)10-13)43(37,38)41-31-27(33)21-19-7-8-20(22(21)28(31)34)24-23(19)29(35)32(30(24)36)42-44(39,40)26-17(5)11-14(2)12-18(26)6/h7-12,19-20,33-36H,1-6H3. The molecule has 4 aromatic rings. The number of allylic oxidation sites excluding steroid dienone is 2. The Kier molecular flexibility index (Phi) is 6.35. The molecule has 0 spiro atoms. The Morgan fingerprint density at radius 1 is 0.523 bits per heavy atom. The molecule has 0 radical (unpaired) electrons. The van der Waals surface area contributed by atoms with Crippen molar-refractivity contribution < 1.29 is 45.8 Å². The van der Waals surface area contributed by atoms with Crippen molar-refractivity contribution in [3.63, 3.8) is 0 Å². The molecule has 4 N–H and O–H groups in total. The zero-order valence-corrected chi connectivity index (χ0v) is 26.2. The van der Waals surface area contributed by atoms with Gasteiger partial charge in [0.15, 0.2) is 0 Å². The van der Waals surface area contributed by atoms with Crippen molar-refractivity contribution in [1.82, 2.24) is 9.46 Å². The van der Waals surface area contributed by atoms with Gasteiger partial charge in [0.05, 0.1) is 0 Å². The van der Waals surface area contributed by atoms with Crippen LogP contribution in [0, 0.1) is 41.5 Å². The first-order valence-electron chi connectivity index (χ1n) is 13.5. The van der Waals surface area contributed by atoms with E-state index in [9.17, 15) is 37.3 Å². The SMILES string of the molecule is Cc1cc(C)c(S(=O)(=O)On2c(O)c3c(c2O)C2C=CC3c3c2c(O)n(OS(=O)(=O)c2c(C)cc(C)cc2C)c3O)c(C)c1. The first-order valence-corrected chi connectivity index (χ1v) is 16.3. The second-order valence-corrected chi connectivity index (χ2v) is 14.3. The largest absolute Gasteiger partial charge is 0.492 e. The van der Waals surface area contributed by atoms with E-state index in [1.54, 1.807) is 64.1 Å². The van der Waals surface area contributed by atoms with E-state index in [2.05, 4.69) is 0 Å². The Hall–Kier alpha value is -4.56.